The average Bonchev–Trinajstić information content (AvgIpc) is 3.09. The van der Waals surface area contributed by atoms with Crippen LogP contribution in [0.15, 0.2) is 48.2 Å². The number of amidine groups is 1. The summed E-state index contributed by atoms with van der Waals surface area (Å²) in [4.78, 5) is 22.8. The van der Waals surface area contributed by atoms with Crippen molar-refractivity contribution in [3.05, 3.63) is 60.6 Å². The van der Waals surface area contributed by atoms with E-state index in [1.54, 1.807) is 0 Å². The average molecular weight is 544 g/mol. The van der Waals surface area contributed by atoms with Gasteiger partial charge in [-0.1, -0.05) is 24.2 Å². The molecule has 1 aromatic carbocycles. The number of rotatable bonds is 6. The van der Waals surface area contributed by atoms with Crippen molar-refractivity contribution in [1.29, 1.82) is 0 Å². The molecule has 0 bridgehead atoms. The lowest BCUT2D eigenvalue weighted by atomic mass is 10.2. The molecule has 13 heteroatoms. The van der Waals surface area contributed by atoms with Gasteiger partial charge in [0.1, 0.15) is 34.0 Å². The van der Waals surface area contributed by atoms with E-state index in [9.17, 15) is 22.4 Å². The first-order chi connectivity index (χ1) is 17.8. The predicted molar refractivity (Wildman–Crippen MR) is 141 cm³/mol. The predicted octanol–water partition coefficient (Wildman–Crippen LogP) is 4.12. The molecule has 1 aromatic heterocycles. The van der Waals surface area contributed by atoms with Crippen LogP contribution in [0.1, 0.15) is 36.2 Å². The molecule has 1 saturated heterocycles. The summed E-state index contributed by atoms with van der Waals surface area (Å²) in [7, 11) is 1.50. The minimum absolute atomic E-state index is 0.0204. The van der Waals surface area contributed by atoms with Gasteiger partial charge in [0.2, 0.25) is 0 Å². The van der Waals surface area contributed by atoms with Gasteiger partial charge in [0, 0.05) is 24.9 Å². The molecule has 1 fully saturated rings. The molecule has 3 rings (SSSR count). The molecule has 0 spiro atoms. The fourth-order valence-electron chi connectivity index (χ4n) is 3.42. The number of alkyl halides is 2. The molecule has 0 unspecified atom stereocenters. The first-order valence-corrected chi connectivity index (χ1v) is 12.2. The Morgan fingerprint density at radius 3 is 2.41 bits per heavy atom. The van der Waals surface area contributed by atoms with Crippen molar-refractivity contribution in [2.24, 2.45) is 16.5 Å². The van der Waals surface area contributed by atoms with Gasteiger partial charge in [0.05, 0.1) is 5.70 Å². The Bertz CT molecular complexity index is 1070. The van der Waals surface area contributed by atoms with Crippen LogP contribution < -0.4 is 22.5 Å². The zero-order valence-electron chi connectivity index (χ0n) is 20.7. The number of amides is 1. The lowest BCUT2D eigenvalue weighted by Crippen LogP contribution is -2.40. The van der Waals surface area contributed by atoms with Crippen LogP contribution in [0.5, 0.6) is 0 Å². The van der Waals surface area contributed by atoms with Crippen molar-refractivity contribution in [2.45, 2.75) is 32.1 Å². The van der Waals surface area contributed by atoms with E-state index in [2.05, 4.69) is 34.2 Å². The Morgan fingerprint density at radius 2 is 1.84 bits per heavy atom. The maximum absolute atomic E-state index is 14.1. The number of benzene rings is 1. The highest BCUT2D eigenvalue weighted by atomic mass is 32.1. The number of carbonyl (C=O) groups is 1. The summed E-state index contributed by atoms with van der Waals surface area (Å²) < 4.78 is 53.4. The smallest absolute Gasteiger partial charge is 0.277 e. The van der Waals surface area contributed by atoms with Gasteiger partial charge < -0.3 is 27.4 Å². The summed E-state index contributed by atoms with van der Waals surface area (Å²) in [6, 6.07) is 2.87. The maximum atomic E-state index is 14.1. The number of hydrogen-bond donors (Lipinski definition) is 4. The standard InChI is InChI=1S/C21H24F4N6OS.C2H4.CH5N/c22-12-5-6-14(23)13(9-12)21-30-17(18(27)33-21)20(32)29-15(10-26)19(28-11-16(24)25)31-7-3-1-2-4-8-31;2*1-2/h5-6,9-10,16H,1-4,7-8,11,26-27H2,(H,29,32);1-2H2;2H2,1H3/b15-10+,28-19?;;. The molecule has 8 nitrogen and oxygen atoms in total. The van der Waals surface area contributed by atoms with Crippen molar-refractivity contribution in [3.8, 4) is 10.6 Å². The Balaban J connectivity index is 0.00000163. The molecule has 0 aliphatic carbocycles. The van der Waals surface area contributed by atoms with Gasteiger partial charge in [-0.15, -0.1) is 13.2 Å². The monoisotopic (exact) mass is 543 g/mol. The van der Waals surface area contributed by atoms with Crippen molar-refractivity contribution in [3.63, 3.8) is 0 Å². The number of likely N-dealkylation sites (tertiary alicyclic amines) is 1. The van der Waals surface area contributed by atoms with E-state index in [1.807, 2.05) is 4.90 Å². The fraction of sp³-hybridized carbons (Fsp3) is 0.375. The fourth-order valence-corrected chi connectivity index (χ4v) is 4.26. The van der Waals surface area contributed by atoms with Crippen LogP contribution in [0.25, 0.3) is 10.6 Å². The van der Waals surface area contributed by atoms with Crippen molar-refractivity contribution < 1.29 is 22.4 Å². The highest BCUT2D eigenvalue weighted by Crippen LogP contribution is 2.32. The summed E-state index contributed by atoms with van der Waals surface area (Å²) in [5.41, 5.74) is 15.8. The van der Waals surface area contributed by atoms with Crippen LogP contribution in [0, 0.1) is 11.6 Å². The van der Waals surface area contributed by atoms with Gasteiger partial charge in [-0.05, 0) is 38.1 Å². The van der Waals surface area contributed by atoms with E-state index in [0.717, 1.165) is 61.4 Å². The first kappa shape index (κ1) is 31.6. The van der Waals surface area contributed by atoms with Crippen LogP contribution in [0.3, 0.4) is 0 Å². The van der Waals surface area contributed by atoms with E-state index in [1.165, 1.54) is 7.05 Å². The number of carbonyl (C=O) groups excluding carboxylic acids is 1. The Morgan fingerprint density at radius 1 is 1.22 bits per heavy atom. The normalized spacial score (nSPS) is 14.2. The van der Waals surface area contributed by atoms with E-state index in [4.69, 9.17) is 11.5 Å². The number of nitrogens with zero attached hydrogens (tertiary/aromatic N) is 3. The highest BCUT2D eigenvalue weighted by Gasteiger charge is 2.24. The zero-order chi connectivity index (χ0) is 28.0. The van der Waals surface area contributed by atoms with Crippen molar-refractivity contribution >= 4 is 28.1 Å². The quantitative estimate of drug-likeness (QED) is 0.187. The SMILES string of the molecule is C=C.CN.N/C=C(/NC(=O)c1nc(-c2cc(F)ccc2F)sc1N)C(=NCC(F)F)N1CCCCCC1. The number of halogens is 4. The molecular formula is C24H33F4N7OS. The third kappa shape index (κ3) is 9.17. The summed E-state index contributed by atoms with van der Waals surface area (Å²) >= 11 is 0.815. The minimum Gasteiger partial charge on any atom is -0.403 e. The molecule has 1 aliphatic rings. The highest BCUT2D eigenvalue weighted by molar-refractivity contribution is 7.19. The summed E-state index contributed by atoms with van der Waals surface area (Å²) in [5.74, 6) is -2.01. The number of nitrogens with two attached hydrogens (primary N) is 3. The van der Waals surface area contributed by atoms with Gasteiger partial charge in [0.25, 0.3) is 12.3 Å². The summed E-state index contributed by atoms with van der Waals surface area (Å²) in [6.07, 6.45) is 2.10. The second-order valence-corrected chi connectivity index (χ2v) is 8.38. The van der Waals surface area contributed by atoms with E-state index >= 15 is 0 Å². The third-order valence-corrected chi connectivity index (χ3v) is 5.89. The molecule has 204 valence electrons. The molecule has 2 aromatic rings. The van der Waals surface area contributed by atoms with Crippen molar-refractivity contribution in [2.75, 3.05) is 32.4 Å². The number of aliphatic imine (C=N–C) groups is 1. The van der Waals surface area contributed by atoms with Crippen LogP contribution >= 0.6 is 11.3 Å². The maximum Gasteiger partial charge on any atom is 0.277 e. The van der Waals surface area contributed by atoms with Gasteiger partial charge in [-0.25, -0.2) is 22.5 Å². The topological polar surface area (TPSA) is 136 Å². The number of anilines is 1. The number of aromatic nitrogens is 1. The van der Waals surface area contributed by atoms with Crippen molar-refractivity contribution in [1.82, 2.24) is 15.2 Å². The molecular weight excluding hydrogens is 510 g/mol. The van der Waals surface area contributed by atoms with Crippen LogP contribution in [-0.4, -0.2) is 54.7 Å². The number of nitrogen functional groups attached to an aromatic ring is 1. The zero-order valence-corrected chi connectivity index (χ0v) is 21.5. The van der Waals surface area contributed by atoms with Crippen LogP contribution in [-0.2, 0) is 0 Å². The summed E-state index contributed by atoms with van der Waals surface area (Å²) in [6.45, 7) is 6.41. The Labute approximate surface area is 217 Å². The molecule has 2 heterocycles. The number of hydrogen-bond acceptors (Lipinski definition) is 7. The van der Waals surface area contributed by atoms with Crippen LogP contribution in [0.4, 0.5) is 22.6 Å². The second-order valence-electron chi connectivity index (χ2n) is 7.35. The van der Waals surface area contributed by atoms with E-state index < -0.39 is 30.5 Å². The van der Waals surface area contributed by atoms with Crippen LogP contribution in [0.2, 0.25) is 0 Å². The molecule has 7 N–H and O–H groups in total. The molecule has 1 aliphatic heterocycles. The minimum atomic E-state index is -2.67. The Kier molecular flexibility index (Phi) is 13.9. The van der Waals surface area contributed by atoms with Gasteiger partial charge in [-0.2, -0.15) is 0 Å². The van der Waals surface area contributed by atoms with Gasteiger partial charge >= 0.3 is 0 Å². The van der Waals surface area contributed by atoms with Gasteiger partial charge in [-0.3, -0.25) is 9.79 Å². The number of thiazole rings is 1. The largest absolute Gasteiger partial charge is 0.403 e. The van der Waals surface area contributed by atoms with Gasteiger partial charge in [0.15, 0.2) is 5.69 Å². The van der Waals surface area contributed by atoms with E-state index in [-0.39, 0.29) is 32.8 Å². The second kappa shape index (κ2) is 16.3. The molecule has 0 atom stereocenters. The number of nitrogens with one attached hydrogen (secondary N) is 1. The lowest BCUT2D eigenvalue weighted by Gasteiger charge is -2.26. The molecule has 0 saturated carbocycles. The molecule has 1 amide bonds. The first-order valence-electron chi connectivity index (χ1n) is 11.4. The summed E-state index contributed by atoms with van der Waals surface area (Å²) in [5, 5.41) is 2.53. The molecule has 37 heavy (non-hydrogen) atoms. The Hall–Kier alpha value is -3.45. The molecule has 0 radical (unpaired) electrons. The third-order valence-electron chi connectivity index (χ3n) is 4.97. The lowest BCUT2D eigenvalue weighted by molar-refractivity contribution is 0.0964. The van der Waals surface area contributed by atoms with E-state index in [0.29, 0.717) is 13.1 Å².